The van der Waals surface area contributed by atoms with Crippen molar-refractivity contribution < 1.29 is 28.6 Å². The Bertz CT molecular complexity index is 1380. The zero-order valence-electron chi connectivity index (χ0n) is 51.5. The monoisotopic (exact) mass is 1080 g/mol. The van der Waals surface area contributed by atoms with E-state index in [9.17, 15) is 14.4 Å². The predicted molar refractivity (Wildman–Crippen MR) is 335 cm³/mol. The molecule has 0 rings (SSSR count). The number of carbonyl (C=O) groups excluding carboxylic acids is 3. The van der Waals surface area contributed by atoms with E-state index in [0.29, 0.717) is 19.3 Å². The second kappa shape index (κ2) is 65.6. The Hall–Kier alpha value is -2.89. The Morgan fingerprint density at radius 3 is 0.805 bits per heavy atom. The molecule has 0 bridgehead atoms. The van der Waals surface area contributed by atoms with E-state index >= 15 is 0 Å². The largest absolute Gasteiger partial charge is 0.462 e. The molecule has 0 aliphatic carbocycles. The van der Waals surface area contributed by atoms with Gasteiger partial charge in [0.1, 0.15) is 13.2 Å². The van der Waals surface area contributed by atoms with Crippen molar-refractivity contribution in [2.24, 2.45) is 0 Å². The van der Waals surface area contributed by atoms with Crippen molar-refractivity contribution in [3.63, 3.8) is 0 Å². The maximum Gasteiger partial charge on any atom is 0.306 e. The second-order valence-corrected chi connectivity index (χ2v) is 22.7. The molecule has 6 nitrogen and oxygen atoms in total. The van der Waals surface area contributed by atoms with Crippen LogP contribution in [0.3, 0.4) is 0 Å². The summed E-state index contributed by atoms with van der Waals surface area (Å²) in [6, 6.07) is 0. The number of ether oxygens (including phenoxy) is 3. The lowest BCUT2D eigenvalue weighted by atomic mass is 10.0. The fraction of sp³-hybridized carbons (Fsp3) is 0.817. The number of allylic oxidation sites excluding steroid dienone is 10. The molecule has 448 valence electrons. The van der Waals surface area contributed by atoms with Gasteiger partial charge in [-0.3, -0.25) is 14.4 Å². The molecule has 0 aromatic rings. The van der Waals surface area contributed by atoms with Crippen LogP contribution in [0.5, 0.6) is 0 Å². The van der Waals surface area contributed by atoms with Crippen molar-refractivity contribution in [3.8, 4) is 0 Å². The minimum Gasteiger partial charge on any atom is -0.462 e. The third-order valence-corrected chi connectivity index (χ3v) is 15.0. The lowest BCUT2D eigenvalue weighted by molar-refractivity contribution is -0.167. The van der Waals surface area contributed by atoms with Gasteiger partial charge in [-0.05, 0) is 83.5 Å². The first-order valence-corrected chi connectivity index (χ1v) is 33.8. The number of unbranched alkanes of at least 4 members (excludes halogenated alkanes) is 41. The number of rotatable bonds is 62. The Morgan fingerprint density at radius 1 is 0.273 bits per heavy atom. The van der Waals surface area contributed by atoms with Crippen molar-refractivity contribution in [2.45, 2.75) is 361 Å². The van der Waals surface area contributed by atoms with Gasteiger partial charge in [-0.2, -0.15) is 0 Å². The van der Waals surface area contributed by atoms with Gasteiger partial charge in [0.05, 0.1) is 0 Å². The van der Waals surface area contributed by atoms with Crippen LogP contribution in [0.4, 0.5) is 0 Å². The SMILES string of the molecule is CC/C=C\C/C=C\C/C=C\C/C=C\CCCCCCCCCCCCC(=O)OC(COC(=O)CCCCCCCCC)COC(=O)CCCCCCCCCCCCCCCCCCC/C=C\CCCCCCCCCC. The van der Waals surface area contributed by atoms with E-state index < -0.39 is 6.10 Å². The molecule has 6 heteroatoms. The molecule has 0 spiro atoms. The van der Waals surface area contributed by atoms with Gasteiger partial charge in [0, 0.05) is 19.3 Å². The van der Waals surface area contributed by atoms with Crippen LogP contribution in [0.15, 0.2) is 60.8 Å². The van der Waals surface area contributed by atoms with Gasteiger partial charge in [0.2, 0.25) is 0 Å². The third-order valence-electron chi connectivity index (χ3n) is 15.0. The molecule has 0 aromatic carbocycles. The molecule has 0 radical (unpaired) electrons. The van der Waals surface area contributed by atoms with E-state index in [0.717, 1.165) is 83.5 Å². The van der Waals surface area contributed by atoms with Crippen LogP contribution in [0.1, 0.15) is 355 Å². The number of carbonyl (C=O) groups is 3. The highest BCUT2D eigenvalue weighted by Gasteiger charge is 2.19. The summed E-state index contributed by atoms with van der Waals surface area (Å²) in [5, 5.41) is 0. The van der Waals surface area contributed by atoms with E-state index in [4.69, 9.17) is 14.2 Å². The summed E-state index contributed by atoms with van der Waals surface area (Å²) in [5.74, 6) is -0.865. The predicted octanol–water partition coefficient (Wildman–Crippen LogP) is 23.1. The molecule has 0 aliphatic rings. The summed E-state index contributed by atoms with van der Waals surface area (Å²) in [6.45, 7) is 6.53. The Balaban J connectivity index is 4.05. The van der Waals surface area contributed by atoms with Crippen LogP contribution >= 0.6 is 0 Å². The lowest BCUT2D eigenvalue weighted by Gasteiger charge is -2.18. The highest BCUT2D eigenvalue weighted by atomic mass is 16.6. The normalized spacial score (nSPS) is 12.4. The summed E-state index contributed by atoms with van der Waals surface area (Å²) < 4.78 is 16.9. The zero-order chi connectivity index (χ0) is 55.7. The standard InChI is InChI=1S/C71H128O6/c1-4-7-10-13-16-18-20-22-24-26-28-30-32-33-34-35-36-37-39-40-42-44-46-48-50-52-55-58-61-64-70(73)76-67-68(66-75-69(72)63-60-57-54-15-12-9-6-3)77-71(74)65-62-59-56-53-51-49-47-45-43-41-38-31-29-27-25-23-21-19-17-14-11-8-5-2/h8,11,17,19,23,25-26,28-29,31,68H,4-7,9-10,12-16,18,20-22,24,27,30,32-67H2,1-3H3/b11-8-,19-17-,25-23-,28-26-,31-29-. The average molecular weight is 1080 g/mol. The van der Waals surface area contributed by atoms with Gasteiger partial charge in [-0.1, -0.05) is 313 Å². The van der Waals surface area contributed by atoms with Gasteiger partial charge >= 0.3 is 17.9 Å². The molecule has 0 N–H and O–H groups in total. The second-order valence-electron chi connectivity index (χ2n) is 22.7. The average Bonchev–Trinajstić information content (AvgIpc) is 3.43. The molecule has 0 saturated carbocycles. The molecule has 0 fully saturated rings. The van der Waals surface area contributed by atoms with Crippen molar-refractivity contribution in [1.29, 1.82) is 0 Å². The minimum atomic E-state index is -0.773. The van der Waals surface area contributed by atoms with Crippen LogP contribution in [0, 0.1) is 0 Å². The highest BCUT2D eigenvalue weighted by molar-refractivity contribution is 5.71. The molecule has 0 heterocycles. The molecule has 0 amide bonds. The molecule has 77 heavy (non-hydrogen) atoms. The van der Waals surface area contributed by atoms with E-state index in [1.54, 1.807) is 0 Å². The highest BCUT2D eigenvalue weighted by Crippen LogP contribution is 2.18. The van der Waals surface area contributed by atoms with Crippen molar-refractivity contribution >= 4 is 17.9 Å². The summed E-state index contributed by atoms with van der Waals surface area (Å²) >= 11 is 0. The number of hydrogen-bond acceptors (Lipinski definition) is 6. The molecular weight excluding hydrogens is 949 g/mol. The maximum absolute atomic E-state index is 12.9. The lowest BCUT2D eigenvalue weighted by Crippen LogP contribution is -2.30. The summed E-state index contributed by atoms with van der Waals surface area (Å²) in [5.41, 5.74) is 0. The molecule has 0 aromatic heterocycles. The van der Waals surface area contributed by atoms with Crippen molar-refractivity contribution in [3.05, 3.63) is 60.8 Å². The van der Waals surface area contributed by atoms with E-state index in [2.05, 4.69) is 81.5 Å². The first-order chi connectivity index (χ1) is 38.0. The van der Waals surface area contributed by atoms with E-state index in [1.807, 2.05) is 0 Å². The third kappa shape index (κ3) is 63.8. The van der Waals surface area contributed by atoms with Gasteiger partial charge in [-0.15, -0.1) is 0 Å². The smallest absolute Gasteiger partial charge is 0.306 e. The fourth-order valence-corrected chi connectivity index (χ4v) is 9.96. The topological polar surface area (TPSA) is 78.9 Å². The molecule has 0 aliphatic heterocycles. The van der Waals surface area contributed by atoms with E-state index in [-0.39, 0.29) is 31.1 Å². The molecular formula is C71H128O6. The molecule has 1 atom stereocenters. The van der Waals surface area contributed by atoms with Crippen LogP contribution in [-0.4, -0.2) is 37.2 Å². The maximum atomic E-state index is 12.9. The Labute approximate surface area is 479 Å². The van der Waals surface area contributed by atoms with Crippen molar-refractivity contribution in [1.82, 2.24) is 0 Å². The van der Waals surface area contributed by atoms with Gasteiger partial charge < -0.3 is 14.2 Å². The van der Waals surface area contributed by atoms with Crippen LogP contribution in [0.2, 0.25) is 0 Å². The minimum absolute atomic E-state index is 0.0720. The summed E-state index contributed by atoms with van der Waals surface area (Å²) in [6.07, 6.45) is 84.2. The zero-order valence-corrected chi connectivity index (χ0v) is 51.5. The Morgan fingerprint density at radius 2 is 0.506 bits per heavy atom. The molecule has 1 unspecified atom stereocenters. The van der Waals surface area contributed by atoms with E-state index in [1.165, 1.54) is 231 Å². The van der Waals surface area contributed by atoms with Crippen LogP contribution in [0.25, 0.3) is 0 Å². The van der Waals surface area contributed by atoms with Crippen LogP contribution in [-0.2, 0) is 28.6 Å². The Kier molecular flexibility index (Phi) is 63.2. The quantitative estimate of drug-likeness (QED) is 0.0261. The van der Waals surface area contributed by atoms with Crippen molar-refractivity contribution in [2.75, 3.05) is 13.2 Å². The number of hydrogen-bond donors (Lipinski definition) is 0. The molecule has 0 saturated heterocycles. The summed E-state index contributed by atoms with van der Waals surface area (Å²) in [4.78, 5) is 38.1. The first-order valence-electron chi connectivity index (χ1n) is 33.8. The summed E-state index contributed by atoms with van der Waals surface area (Å²) in [7, 11) is 0. The van der Waals surface area contributed by atoms with Gasteiger partial charge in [0.15, 0.2) is 6.10 Å². The van der Waals surface area contributed by atoms with Crippen LogP contribution < -0.4 is 0 Å². The van der Waals surface area contributed by atoms with Gasteiger partial charge in [-0.25, -0.2) is 0 Å². The number of esters is 3. The van der Waals surface area contributed by atoms with Gasteiger partial charge in [0.25, 0.3) is 0 Å². The first kappa shape index (κ1) is 74.1. The fourth-order valence-electron chi connectivity index (χ4n) is 9.96.